The van der Waals surface area contributed by atoms with Gasteiger partial charge >= 0.3 is 0 Å². The number of hydrogen-bond donors (Lipinski definition) is 2. The van der Waals surface area contributed by atoms with E-state index in [4.69, 9.17) is 27.3 Å². The molecule has 0 aliphatic carbocycles. The first-order chi connectivity index (χ1) is 9.58. The lowest BCUT2D eigenvalue weighted by Gasteiger charge is -2.28. The number of nitrogens with two attached hydrogens (primary N) is 1. The van der Waals surface area contributed by atoms with Crippen LogP contribution in [0.5, 0.6) is 0 Å². The van der Waals surface area contributed by atoms with Crippen LogP contribution in [0.15, 0.2) is 18.2 Å². The summed E-state index contributed by atoms with van der Waals surface area (Å²) in [5.74, 6) is -0.197. The fraction of sp³-hybridized carbons (Fsp3) is 0.385. The van der Waals surface area contributed by atoms with Crippen LogP contribution in [0.4, 0.5) is 11.4 Å². The average molecular weight is 295 g/mol. The Hall–Kier alpha value is -1.81. The molecule has 7 heteroatoms. The molecule has 0 radical (unpaired) electrons. The van der Waals surface area contributed by atoms with E-state index in [0.717, 1.165) is 0 Å². The number of benzene rings is 1. The SMILES string of the molecule is N#CC1CN(CC(=O)Nc2cc(Cl)ccc2N)CCO1. The van der Waals surface area contributed by atoms with E-state index >= 15 is 0 Å². The van der Waals surface area contributed by atoms with Crippen LogP contribution in [0.3, 0.4) is 0 Å². The number of carbonyl (C=O) groups excluding carboxylic acids is 1. The minimum Gasteiger partial charge on any atom is -0.397 e. The number of nitriles is 1. The van der Waals surface area contributed by atoms with Gasteiger partial charge < -0.3 is 15.8 Å². The summed E-state index contributed by atoms with van der Waals surface area (Å²) in [6.07, 6.45) is -0.479. The molecular formula is C13H15ClN4O2. The molecule has 1 aliphatic rings. The van der Waals surface area contributed by atoms with E-state index in [0.29, 0.717) is 36.1 Å². The summed E-state index contributed by atoms with van der Waals surface area (Å²) >= 11 is 5.86. The maximum Gasteiger partial charge on any atom is 0.238 e. The standard InChI is InChI=1S/C13H15ClN4O2/c14-9-1-2-11(16)12(5-9)17-13(19)8-18-3-4-20-10(6-15)7-18/h1-2,5,10H,3-4,7-8,16H2,(H,17,19). The molecule has 6 nitrogen and oxygen atoms in total. The van der Waals surface area contributed by atoms with Gasteiger partial charge in [-0.05, 0) is 18.2 Å². The second-order valence-electron chi connectivity index (χ2n) is 4.50. The molecule has 1 fully saturated rings. The Balaban J connectivity index is 1.92. The van der Waals surface area contributed by atoms with E-state index in [9.17, 15) is 4.79 Å². The first-order valence-electron chi connectivity index (χ1n) is 6.17. The highest BCUT2D eigenvalue weighted by Crippen LogP contribution is 2.22. The van der Waals surface area contributed by atoms with E-state index in [1.807, 2.05) is 11.0 Å². The molecule has 3 N–H and O–H groups in total. The summed E-state index contributed by atoms with van der Waals surface area (Å²) in [7, 11) is 0. The van der Waals surface area contributed by atoms with Gasteiger partial charge in [-0.15, -0.1) is 0 Å². The third kappa shape index (κ3) is 3.84. The second-order valence-corrected chi connectivity index (χ2v) is 4.94. The minimum atomic E-state index is -0.479. The van der Waals surface area contributed by atoms with Gasteiger partial charge in [-0.1, -0.05) is 11.6 Å². The number of hydrogen-bond acceptors (Lipinski definition) is 5. The molecule has 0 bridgehead atoms. The molecule has 1 atom stereocenters. The van der Waals surface area contributed by atoms with Crippen molar-refractivity contribution in [1.82, 2.24) is 4.90 Å². The van der Waals surface area contributed by atoms with Gasteiger partial charge in [0.2, 0.25) is 5.91 Å². The van der Waals surface area contributed by atoms with E-state index in [-0.39, 0.29) is 12.5 Å². The zero-order valence-corrected chi connectivity index (χ0v) is 11.6. The third-order valence-corrected chi connectivity index (χ3v) is 3.19. The fourth-order valence-electron chi connectivity index (χ4n) is 1.95. The highest BCUT2D eigenvalue weighted by Gasteiger charge is 2.21. The summed E-state index contributed by atoms with van der Waals surface area (Å²) in [5.41, 5.74) is 6.72. The van der Waals surface area contributed by atoms with Gasteiger partial charge in [-0.2, -0.15) is 5.26 Å². The number of nitrogens with zero attached hydrogens (tertiary/aromatic N) is 2. The van der Waals surface area contributed by atoms with Crippen LogP contribution in [-0.2, 0) is 9.53 Å². The summed E-state index contributed by atoms with van der Waals surface area (Å²) < 4.78 is 5.22. The summed E-state index contributed by atoms with van der Waals surface area (Å²) in [6.45, 7) is 1.68. The van der Waals surface area contributed by atoms with Crippen LogP contribution in [0.25, 0.3) is 0 Å². The van der Waals surface area contributed by atoms with Crippen molar-refractivity contribution in [3.05, 3.63) is 23.2 Å². The number of rotatable bonds is 3. The Bertz CT molecular complexity index is 544. The maximum atomic E-state index is 12.0. The molecule has 20 heavy (non-hydrogen) atoms. The van der Waals surface area contributed by atoms with Crippen molar-refractivity contribution in [1.29, 1.82) is 5.26 Å². The lowest BCUT2D eigenvalue weighted by molar-refractivity contribution is -0.118. The maximum absolute atomic E-state index is 12.0. The number of ether oxygens (including phenoxy) is 1. The number of nitrogen functional groups attached to an aromatic ring is 1. The molecule has 1 unspecified atom stereocenters. The molecule has 0 saturated carbocycles. The van der Waals surface area contributed by atoms with Crippen LogP contribution in [0.2, 0.25) is 5.02 Å². The van der Waals surface area contributed by atoms with Crippen molar-refractivity contribution in [2.24, 2.45) is 0 Å². The van der Waals surface area contributed by atoms with E-state index < -0.39 is 6.10 Å². The molecule has 1 heterocycles. The number of halogens is 1. The van der Waals surface area contributed by atoms with Gasteiger partial charge in [0.05, 0.1) is 30.6 Å². The largest absolute Gasteiger partial charge is 0.397 e. The van der Waals surface area contributed by atoms with Gasteiger partial charge in [0.15, 0.2) is 6.10 Å². The Morgan fingerprint density at radius 2 is 2.45 bits per heavy atom. The summed E-state index contributed by atoms with van der Waals surface area (Å²) in [5, 5.41) is 12.0. The molecule has 0 spiro atoms. The van der Waals surface area contributed by atoms with Crippen molar-refractivity contribution in [2.75, 3.05) is 37.3 Å². The van der Waals surface area contributed by atoms with Gasteiger partial charge in [0.1, 0.15) is 0 Å². The quantitative estimate of drug-likeness (QED) is 0.814. The number of carbonyl (C=O) groups is 1. The van der Waals surface area contributed by atoms with Gasteiger partial charge in [0, 0.05) is 18.1 Å². The van der Waals surface area contributed by atoms with E-state index in [1.165, 1.54) is 0 Å². The minimum absolute atomic E-state index is 0.188. The fourth-order valence-corrected chi connectivity index (χ4v) is 2.13. The first-order valence-corrected chi connectivity index (χ1v) is 6.54. The Morgan fingerprint density at radius 3 is 3.20 bits per heavy atom. The number of amides is 1. The molecule has 1 aromatic rings. The highest BCUT2D eigenvalue weighted by atomic mass is 35.5. The Kier molecular flexibility index (Phi) is 4.79. The number of nitrogens with one attached hydrogen (secondary N) is 1. The predicted molar refractivity (Wildman–Crippen MR) is 76.3 cm³/mol. The van der Waals surface area contributed by atoms with Gasteiger partial charge in [-0.3, -0.25) is 9.69 Å². The molecule has 1 aliphatic heterocycles. The normalized spacial score (nSPS) is 19.3. The topological polar surface area (TPSA) is 91.4 Å². The molecule has 1 saturated heterocycles. The number of morpholine rings is 1. The summed E-state index contributed by atoms with van der Waals surface area (Å²) in [4.78, 5) is 13.8. The van der Waals surface area contributed by atoms with Crippen LogP contribution in [0.1, 0.15) is 0 Å². The second kappa shape index (κ2) is 6.57. The molecule has 0 aromatic heterocycles. The molecule has 1 amide bonds. The monoisotopic (exact) mass is 294 g/mol. The van der Waals surface area contributed by atoms with Crippen LogP contribution >= 0.6 is 11.6 Å². The van der Waals surface area contributed by atoms with Crippen molar-refractivity contribution in [3.63, 3.8) is 0 Å². The Labute approximate surface area is 122 Å². The van der Waals surface area contributed by atoms with Crippen molar-refractivity contribution in [3.8, 4) is 6.07 Å². The smallest absolute Gasteiger partial charge is 0.238 e. The lowest BCUT2D eigenvalue weighted by Crippen LogP contribution is -2.45. The highest BCUT2D eigenvalue weighted by molar-refractivity contribution is 6.31. The van der Waals surface area contributed by atoms with Crippen LogP contribution < -0.4 is 11.1 Å². The third-order valence-electron chi connectivity index (χ3n) is 2.95. The first kappa shape index (κ1) is 14.6. The molecular weight excluding hydrogens is 280 g/mol. The van der Waals surface area contributed by atoms with Crippen molar-refractivity contribution < 1.29 is 9.53 Å². The molecule has 1 aromatic carbocycles. The lowest BCUT2D eigenvalue weighted by atomic mass is 10.2. The van der Waals surface area contributed by atoms with Gasteiger partial charge in [0.25, 0.3) is 0 Å². The zero-order chi connectivity index (χ0) is 14.5. The summed E-state index contributed by atoms with van der Waals surface area (Å²) in [6, 6.07) is 6.94. The Morgan fingerprint density at radius 1 is 1.65 bits per heavy atom. The zero-order valence-electron chi connectivity index (χ0n) is 10.8. The average Bonchev–Trinajstić information content (AvgIpc) is 2.43. The van der Waals surface area contributed by atoms with Crippen molar-refractivity contribution >= 4 is 28.9 Å². The molecule has 106 valence electrons. The van der Waals surface area contributed by atoms with Crippen LogP contribution in [0, 0.1) is 11.3 Å². The van der Waals surface area contributed by atoms with E-state index in [1.54, 1.807) is 18.2 Å². The van der Waals surface area contributed by atoms with Crippen molar-refractivity contribution in [2.45, 2.75) is 6.10 Å². The molecule has 2 rings (SSSR count). The predicted octanol–water partition coefficient (Wildman–Crippen LogP) is 1.09. The van der Waals surface area contributed by atoms with E-state index in [2.05, 4.69) is 5.32 Å². The van der Waals surface area contributed by atoms with Crippen LogP contribution in [-0.4, -0.2) is 43.2 Å². The van der Waals surface area contributed by atoms with Gasteiger partial charge in [-0.25, -0.2) is 0 Å². The number of anilines is 2.